The smallest absolute Gasteiger partial charge is 0.231 e. The fourth-order valence-electron chi connectivity index (χ4n) is 2.39. The molecule has 0 spiro atoms. The van der Waals surface area contributed by atoms with Crippen LogP contribution in [0.1, 0.15) is 24.2 Å². The predicted octanol–water partition coefficient (Wildman–Crippen LogP) is 2.85. The van der Waals surface area contributed by atoms with Gasteiger partial charge in [-0.25, -0.2) is 0 Å². The number of benzene rings is 1. The zero-order valence-electron chi connectivity index (χ0n) is 13.2. The zero-order chi connectivity index (χ0) is 17.3. The highest BCUT2D eigenvalue weighted by molar-refractivity contribution is 9.10. The molecule has 1 aromatic carbocycles. The first-order valence-corrected chi connectivity index (χ1v) is 8.16. The molecule has 0 saturated carbocycles. The third-order valence-corrected chi connectivity index (χ3v) is 4.07. The van der Waals surface area contributed by atoms with Crippen molar-refractivity contribution in [2.45, 2.75) is 20.4 Å². The van der Waals surface area contributed by atoms with Gasteiger partial charge in [0.2, 0.25) is 12.7 Å². The Morgan fingerprint density at radius 2 is 2.08 bits per heavy atom. The average Bonchev–Trinajstić information content (AvgIpc) is 3.14. The zero-order valence-corrected chi connectivity index (χ0v) is 14.8. The Labute approximate surface area is 147 Å². The molecule has 1 aromatic heterocycles. The van der Waals surface area contributed by atoms with E-state index in [4.69, 9.17) is 9.47 Å². The van der Waals surface area contributed by atoms with Gasteiger partial charge < -0.3 is 14.8 Å². The molecule has 126 valence electrons. The maximum atomic E-state index is 12.5. The molecule has 1 amide bonds. The minimum atomic E-state index is -0.331. The summed E-state index contributed by atoms with van der Waals surface area (Å²) in [4.78, 5) is 24.3. The summed E-state index contributed by atoms with van der Waals surface area (Å²) >= 11 is 3.32. The molecular weight excluding hydrogens is 378 g/mol. The first kappa shape index (κ1) is 16.5. The van der Waals surface area contributed by atoms with Gasteiger partial charge in [-0.2, -0.15) is 5.10 Å². The number of ketones is 1. The number of amides is 1. The van der Waals surface area contributed by atoms with Gasteiger partial charge in [0.25, 0.3) is 0 Å². The van der Waals surface area contributed by atoms with Crippen molar-refractivity contribution in [3.05, 3.63) is 34.6 Å². The topological polar surface area (TPSA) is 82.5 Å². The summed E-state index contributed by atoms with van der Waals surface area (Å²) in [6.07, 6.45) is 3.46. The second-order valence-electron chi connectivity index (χ2n) is 5.58. The number of fused-ring (bicyclic) bond motifs is 1. The molecule has 8 heteroatoms. The van der Waals surface area contributed by atoms with Gasteiger partial charge in [-0.15, -0.1) is 0 Å². The fourth-order valence-corrected chi connectivity index (χ4v) is 2.72. The van der Waals surface area contributed by atoms with Gasteiger partial charge in [0.05, 0.1) is 28.8 Å². The molecule has 0 bridgehead atoms. The van der Waals surface area contributed by atoms with Crippen LogP contribution in [0.25, 0.3) is 0 Å². The van der Waals surface area contributed by atoms with Crippen LogP contribution in [0.4, 0.5) is 5.69 Å². The van der Waals surface area contributed by atoms with E-state index in [1.807, 2.05) is 0 Å². The van der Waals surface area contributed by atoms with Gasteiger partial charge in [0.1, 0.15) is 0 Å². The molecule has 3 rings (SSSR count). The molecule has 7 nitrogen and oxygen atoms in total. The van der Waals surface area contributed by atoms with Gasteiger partial charge in [-0.3, -0.25) is 14.3 Å². The molecule has 2 aromatic rings. The second kappa shape index (κ2) is 6.64. The molecule has 0 aliphatic carbocycles. The number of nitrogens with one attached hydrogen (secondary N) is 1. The maximum absolute atomic E-state index is 12.5. The van der Waals surface area contributed by atoms with E-state index in [1.165, 1.54) is 6.92 Å². The Balaban J connectivity index is 1.77. The number of carbonyl (C=O) groups excluding carboxylic acids is 2. The summed E-state index contributed by atoms with van der Waals surface area (Å²) in [6, 6.07) is 3.21. The number of halogens is 1. The third kappa shape index (κ3) is 3.43. The lowest BCUT2D eigenvalue weighted by Crippen LogP contribution is -2.25. The molecule has 24 heavy (non-hydrogen) atoms. The maximum Gasteiger partial charge on any atom is 0.231 e. The highest BCUT2D eigenvalue weighted by atomic mass is 79.9. The van der Waals surface area contributed by atoms with E-state index < -0.39 is 0 Å². The Morgan fingerprint density at radius 1 is 1.38 bits per heavy atom. The average molecular weight is 394 g/mol. The third-order valence-electron chi connectivity index (χ3n) is 3.66. The van der Waals surface area contributed by atoms with E-state index in [0.717, 1.165) is 4.47 Å². The summed E-state index contributed by atoms with van der Waals surface area (Å²) in [5, 5.41) is 6.94. The van der Waals surface area contributed by atoms with Crippen molar-refractivity contribution in [1.82, 2.24) is 9.78 Å². The number of ether oxygens (including phenoxy) is 2. The van der Waals surface area contributed by atoms with Crippen molar-refractivity contribution < 1.29 is 19.1 Å². The van der Waals surface area contributed by atoms with Crippen LogP contribution in [0.3, 0.4) is 0 Å². The number of nitrogens with zero attached hydrogens (tertiary/aromatic N) is 2. The summed E-state index contributed by atoms with van der Waals surface area (Å²) in [5.41, 5.74) is 0.812. The number of rotatable bonds is 5. The van der Waals surface area contributed by atoms with Gasteiger partial charge in [0.15, 0.2) is 17.3 Å². The highest BCUT2D eigenvalue weighted by Gasteiger charge is 2.22. The summed E-state index contributed by atoms with van der Waals surface area (Å²) in [7, 11) is 0. The first-order chi connectivity index (χ1) is 11.4. The van der Waals surface area contributed by atoms with E-state index >= 15 is 0 Å². The number of hydrogen-bond acceptors (Lipinski definition) is 5. The molecule has 1 aliphatic rings. The van der Waals surface area contributed by atoms with E-state index in [1.54, 1.807) is 36.1 Å². The molecule has 0 radical (unpaired) electrons. The molecule has 1 aliphatic heterocycles. The number of aromatic nitrogens is 2. The molecule has 1 atom stereocenters. The fraction of sp³-hybridized carbons (Fsp3) is 0.312. The number of hydrogen-bond donors (Lipinski definition) is 1. The number of carbonyl (C=O) groups is 2. The molecule has 2 heterocycles. The molecule has 0 saturated heterocycles. The van der Waals surface area contributed by atoms with Crippen LogP contribution in [0.5, 0.6) is 11.5 Å². The van der Waals surface area contributed by atoms with E-state index in [9.17, 15) is 9.59 Å². The normalized spacial score (nSPS) is 13.6. The quantitative estimate of drug-likeness (QED) is 0.789. The predicted molar refractivity (Wildman–Crippen MR) is 90.3 cm³/mol. The monoisotopic (exact) mass is 393 g/mol. The second-order valence-corrected chi connectivity index (χ2v) is 6.49. The summed E-state index contributed by atoms with van der Waals surface area (Å²) in [5.74, 6) is 0.323. The molecular formula is C16H16BrN3O4. The van der Waals surface area contributed by atoms with Crippen LogP contribution >= 0.6 is 15.9 Å². The number of Topliss-reactive ketones (excluding diaryl/α,β-unsaturated/α-hetero) is 1. The van der Waals surface area contributed by atoms with Crippen molar-refractivity contribution in [2.75, 3.05) is 12.1 Å². The van der Waals surface area contributed by atoms with Crippen LogP contribution in [0.15, 0.2) is 29.0 Å². The van der Waals surface area contributed by atoms with Gasteiger partial charge >= 0.3 is 0 Å². The molecule has 1 unspecified atom stereocenters. The van der Waals surface area contributed by atoms with Gasteiger partial charge in [-0.05, 0) is 28.9 Å². The van der Waals surface area contributed by atoms with Crippen molar-refractivity contribution in [2.24, 2.45) is 5.92 Å². The minimum Gasteiger partial charge on any atom is -0.454 e. The van der Waals surface area contributed by atoms with Crippen molar-refractivity contribution >= 4 is 33.3 Å². The Kier molecular flexibility index (Phi) is 4.57. The lowest BCUT2D eigenvalue weighted by Gasteiger charge is -2.15. The lowest BCUT2D eigenvalue weighted by atomic mass is 10.1. The standard InChI is InChI=1S/C16H16BrN3O4/c1-9(6-20-7-11(17)5-18-20)16(22)19-13-4-15-14(23-8-24-15)3-12(13)10(2)21/h3-5,7,9H,6,8H2,1-2H3,(H,19,22). The van der Waals surface area contributed by atoms with E-state index in [2.05, 4.69) is 26.3 Å². The highest BCUT2D eigenvalue weighted by Crippen LogP contribution is 2.37. The first-order valence-electron chi connectivity index (χ1n) is 7.37. The summed E-state index contributed by atoms with van der Waals surface area (Å²) < 4.78 is 13.1. The van der Waals surface area contributed by atoms with Crippen LogP contribution in [-0.2, 0) is 11.3 Å². The van der Waals surface area contributed by atoms with Crippen LogP contribution in [0, 0.1) is 5.92 Å². The lowest BCUT2D eigenvalue weighted by molar-refractivity contribution is -0.119. The van der Waals surface area contributed by atoms with Crippen LogP contribution in [-0.4, -0.2) is 28.3 Å². The van der Waals surface area contributed by atoms with Crippen molar-refractivity contribution in [3.8, 4) is 11.5 Å². The number of anilines is 1. The SMILES string of the molecule is CC(=O)c1cc2c(cc1NC(=O)C(C)Cn1cc(Br)cn1)OCO2. The van der Waals surface area contributed by atoms with E-state index in [-0.39, 0.29) is 24.4 Å². The van der Waals surface area contributed by atoms with Crippen LogP contribution in [0.2, 0.25) is 0 Å². The molecule has 0 fully saturated rings. The summed E-state index contributed by atoms with van der Waals surface area (Å²) in [6.45, 7) is 3.77. The van der Waals surface area contributed by atoms with Crippen molar-refractivity contribution in [1.29, 1.82) is 0 Å². The van der Waals surface area contributed by atoms with E-state index in [0.29, 0.717) is 29.3 Å². The Hall–Kier alpha value is -2.35. The minimum absolute atomic E-state index is 0.106. The van der Waals surface area contributed by atoms with Gasteiger partial charge in [-0.1, -0.05) is 6.92 Å². The largest absolute Gasteiger partial charge is 0.454 e. The van der Waals surface area contributed by atoms with Crippen LogP contribution < -0.4 is 14.8 Å². The Bertz CT molecular complexity index is 803. The Morgan fingerprint density at radius 3 is 2.71 bits per heavy atom. The molecule has 1 N–H and O–H groups in total. The van der Waals surface area contributed by atoms with Gasteiger partial charge in [0, 0.05) is 17.8 Å². The van der Waals surface area contributed by atoms with Crippen molar-refractivity contribution in [3.63, 3.8) is 0 Å².